The van der Waals surface area contributed by atoms with E-state index in [2.05, 4.69) is 16.8 Å². The molecule has 2 aromatic rings. The monoisotopic (exact) mass is 361 g/mol. The lowest BCUT2D eigenvalue weighted by molar-refractivity contribution is -0.140. The normalized spacial score (nSPS) is 15.5. The molecule has 0 radical (unpaired) electrons. The molecule has 1 fully saturated rings. The van der Waals surface area contributed by atoms with Crippen molar-refractivity contribution >= 4 is 23.5 Å². The molecule has 1 aliphatic rings. The van der Waals surface area contributed by atoms with E-state index in [0.29, 0.717) is 29.9 Å². The van der Waals surface area contributed by atoms with Crippen LogP contribution in [0.25, 0.3) is 11.3 Å². The Morgan fingerprint density at radius 2 is 2.00 bits per heavy atom. The Balaban J connectivity index is 1.65. The summed E-state index contributed by atoms with van der Waals surface area (Å²) in [5.74, 6) is 0.921. The van der Waals surface area contributed by atoms with E-state index >= 15 is 0 Å². The van der Waals surface area contributed by atoms with Crippen molar-refractivity contribution in [3.05, 3.63) is 35.5 Å². The number of aromatic nitrogens is 1. The first-order valence-electron chi connectivity index (χ1n) is 8.67. The number of anilines is 1. The van der Waals surface area contributed by atoms with Crippen LogP contribution < -0.4 is 4.90 Å². The van der Waals surface area contributed by atoms with E-state index in [0.717, 1.165) is 25.1 Å². The van der Waals surface area contributed by atoms with Gasteiger partial charge in [0.25, 0.3) is 6.01 Å². The second kappa shape index (κ2) is 7.08. The van der Waals surface area contributed by atoms with E-state index in [-0.39, 0.29) is 11.3 Å². The molecule has 0 bridgehead atoms. The van der Waals surface area contributed by atoms with Gasteiger partial charge in [-0.3, -0.25) is 4.79 Å². The van der Waals surface area contributed by atoms with Gasteiger partial charge in [0.05, 0.1) is 6.20 Å². The van der Waals surface area contributed by atoms with Crippen molar-refractivity contribution in [1.82, 2.24) is 9.88 Å². The van der Waals surface area contributed by atoms with Crippen molar-refractivity contribution in [3.63, 3.8) is 0 Å². The highest BCUT2D eigenvalue weighted by molar-refractivity contribution is 6.30. The van der Waals surface area contributed by atoms with E-state index < -0.39 is 0 Å². The summed E-state index contributed by atoms with van der Waals surface area (Å²) in [6.45, 7) is 8.90. The molecule has 25 heavy (non-hydrogen) atoms. The Morgan fingerprint density at radius 3 is 2.64 bits per heavy atom. The number of carbonyl (C=O) groups is 1. The molecule has 1 aliphatic heterocycles. The number of hydrogen-bond acceptors (Lipinski definition) is 4. The molecular formula is C19H24ClN3O2. The summed E-state index contributed by atoms with van der Waals surface area (Å²) in [4.78, 5) is 21.0. The second-order valence-electron chi connectivity index (χ2n) is 7.03. The summed E-state index contributed by atoms with van der Waals surface area (Å²) in [5.41, 5.74) is 0.606. The Labute approximate surface area is 153 Å². The van der Waals surface area contributed by atoms with Crippen molar-refractivity contribution in [2.75, 3.05) is 31.1 Å². The second-order valence-corrected chi connectivity index (χ2v) is 7.47. The number of rotatable bonds is 4. The third kappa shape index (κ3) is 3.82. The number of halogens is 1. The largest absolute Gasteiger partial charge is 0.423 e. The molecule has 0 atom stereocenters. The molecular weight excluding hydrogens is 338 g/mol. The average Bonchev–Trinajstić information content (AvgIpc) is 3.11. The summed E-state index contributed by atoms with van der Waals surface area (Å²) in [6, 6.07) is 8.11. The fraction of sp³-hybridized carbons (Fsp3) is 0.474. The molecule has 1 aromatic carbocycles. The minimum atomic E-state index is -0.301. The molecule has 0 saturated carbocycles. The highest BCUT2D eigenvalue weighted by Gasteiger charge is 2.32. The van der Waals surface area contributed by atoms with Gasteiger partial charge in [-0.2, -0.15) is 0 Å². The first-order valence-corrected chi connectivity index (χ1v) is 9.04. The molecule has 1 aromatic heterocycles. The molecule has 1 saturated heterocycles. The zero-order chi connectivity index (χ0) is 18.0. The van der Waals surface area contributed by atoms with E-state index in [9.17, 15) is 4.79 Å². The van der Waals surface area contributed by atoms with E-state index in [4.69, 9.17) is 16.0 Å². The Morgan fingerprint density at radius 1 is 1.28 bits per heavy atom. The van der Waals surface area contributed by atoms with Crippen molar-refractivity contribution < 1.29 is 9.21 Å². The predicted molar refractivity (Wildman–Crippen MR) is 99.8 cm³/mol. The zero-order valence-electron chi connectivity index (χ0n) is 15.0. The van der Waals surface area contributed by atoms with Gasteiger partial charge in [-0.05, 0) is 18.6 Å². The molecule has 6 heteroatoms. The summed E-state index contributed by atoms with van der Waals surface area (Å²) in [5, 5.41) is 0.668. The molecule has 3 rings (SSSR count). The van der Waals surface area contributed by atoms with Gasteiger partial charge in [0.1, 0.15) is 0 Å². The molecule has 0 unspecified atom stereocenters. The van der Waals surface area contributed by atoms with Crippen LogP contribution in [-0.2, 0) is 4.79 Å². The van der Waals surface area contributed by atoms with Gasteiger partial charge < -0.3 is 14.2 Å². The highest BCUT2D eigenvalue weighted by Crippen LogP contribution is 2.28. The lowest BCUT2D eigenvalue weighted by Crippen LogP contribution is -2.52. The number of amides is 1. The first-order chi connectivity index (χ1) is 11.9. The summed E-state index contributed by atoms with van der Waals surface area (Å²) >= 11 is 6.03. The fourth-order valence-electron chi connectivity index (χ4n) is 2.87. The number of hydrogen-bond donors (Lipinski definition) is 0. The maximum Gasteiger partial charge on any atom is 0.297 e. The zero-order valence-corrected chi connectivity index (χ0v) is 15.7. The van der Waals surface area contributed by atoms with Gasteiger partial charge in [-0.15, -0.1) is 0 Å². The smallest absolute Gasteiger partial charge is 0.297 e. The quantitative estimate of drug-likeness (QED) is 0.823. The average molecular weight is 362 g/mol. The van der Waals surface area contributed by atoms with Gasteiger partial charge in [0.15, 0.2) is 5.76 Å². The van der Waals surface area contributed by atoms with Crippen molar-refractivity contribution in [2.45, 2.75) is 27.2 Å². The lowest BCUT2D eigenvalue weighted by Gasteiger charge is -2.37. The van der Waals surface area contributed by atoms with Crippen LogP contribution in [0.4, 0.5) is 6.01 Å². The van der Waals surface area contributed by atoms with Crippen LogP contribution in [-0.4, -0.2) is 42.0 Å². The SMILES string of the molecule is CCC(C)(C)C(=O)N1CCN(c2ncc(-c3cccc(Cl)c3)o2)CC1. The Bertz CT molecular complexity index is 749. The molecule has 0 aliphatic carbocycles. The van der Waals surface area contributed by atoms with Gasteiger partial charge in [-0.1, -0.05) is 44.5 Å². The lowest BCUT2D eigenvalue weighted by atomic mass is 9.88. The van der Waals surface area contributed by atoms with Gasteiger partial charge in [-0.25, -0.2) is 4.98 Å². The molecule has 0 spiro atoms. The topological polar surface area (TPSA) is 49.6 Å². The molecule has 5 nitrogen and oxygen atoms in total. The number of benzene rings is 1. The van der Waals surface area contributed by atoms with Crippen LogP contribution in [0.5, 0.6) is 0 Å². The molecule has 2 heterocycles. The number of carbonyl (C=O) groups excluding carboxylic acids is 1. The van der Waals surface area contributed by atoms with Crippen LogP contribution in [0, 0.1) is 5.41 Å². The summed E-state index contributed by atoms with van der Waals surface area (Å²) in [6.07, 6.45) is 2.56. The summed E-state index contributed by atoms with van der Waals surface area (Å²) in [7, 11) is 0. The van der Waals surface area contributed by atoms with Crippen LogP contribution in [0.2, 0.25) is 5.02 Å². The standard InChI is InChI=1S/C19H24ClN3O2/c1-4-19(2,3)17(24)22-8-10-23(11-9-22)18-21-13-16(25-18)14-6-5-7-15(20)12-14/h5-7,12-13H,4,8-11H2,1-3H3. The molecule has 1 amide bonds. The first kappa shape index (κ1) is 17.8. The maximum absolute atomic E-state index is 12.6. The highest BCUT2D eigenvalue weighted by atomic mass is 35.5. The number of oxazole rings is 1. The Kier molecular flexibility index (Phi) is 5.04. The minimum absolute atomic E-state index is 0.224. The van der Waals surface area contributed by atoms with E-state index in [1.165, 1.54) is 0 Å². The Hall–Kier alpha value is -2.01. The molecule has 0 N–H and O–H groups in total. The van der Waals surface area contributed by atoms with Crippen LogP contribution >= 0.6 is 11.6 Å². The predicted octanol–water partition coefficient (Wildman–Crippen LogP) is 4.08. The van der Waals surface area contributed by atoms with Crippen molar-refractivity contribution in [3.8, 4) is 11.3 Å². The van der Waals surface area contributed by atoms with E-state index in [1.807, 2.05) is 43.0 Å². The number of piperazine rings is 1. The molecule has 134 valence electrons. The fourth-order valence-corrected chi connectivity index (χ4v) is 3.06. The summed E-state index contributed by atoms with van der Waals surface area (Å²) < 4.78 is 5.90. The van der Waals surface area contributed by atoms with E-state index in [1.54, 1.807) is 6.20 Å². The van der Waals surface area contributed by atoms with Crippen LogP contribution in [0.1, 0.15) is 27.2 Å². The minimum Gasteiger partial charge on any atom is -0.423 e. The third-order valence-electron chi connectivity index (χ3n) is 4.90. The number of nitrogens with zero attached hydrogens (tertiary/aromatic N) is 3. The van der Waals surface area contributed by atoms with Gasteiger partial charge in [0, 0.05) is 42.2 Å². The van der Waals surface area contributed by atoms with Gasteiger partial charge >= 0.3 is 0 Å². The van der Waals surface area contributed by atoms with Crippen LogP contribution in [0.15, 0.2) is 34.9 Å². The van der Waals surface area contributed by atoms with Crippen molar-refractivity contribution in [1.29, 1.82) is 0 Å². The maximum atomic E-state index is 12.6. The van der Waals surface area contributed by atoms with Gasteiger partial charge in [0.2, 0.25) is 5.91 Å². The van der Waals surface area contributed by atoms with Crippen molar-refractivity contribution in [2.24, 2.45) is 5.41 Å². The van der Waals surface area contributed by atoms with Crippen LogP contribution in [0.3, 0.4) is 0 Å². The third-order valence-corrected chi connectivity index (χ3v) is 5.14.